The van der Waals surface area contributed by atoms with Crippen molar-refractivity contribution in [2.24, 2.45) is 16.6 Å². The van der Waals surface area contributed by atoms with Gasteiger partial charge in [-0.3, -0.25) is 9.79 Å². The molecule has 1 aromatic carbocycles. The second-order valence-corrected chi connectivity index (χ2v) is 6.32. The minimum absolute atomic E-state index is 0.0503. The number of amides is 1. The highest BCUT2D eigenvalue weighted by Crippen LogP contribution is 2.18. The van der Waals surface area contributed by atoms with Gasteiger partial charge in [-0.15, -0.1) is 0 Å². The van der Waals surface area contributed by atoms with Crippen LogP contribution in [0.15, 0.2) is 59.6 Å². The van der Waals surface area contributed by atoms with Gasteiger partial charge < -0.3 is 22.1 Å². The van der Waals surface area contributed by atoms with E-state index in [-0.39, 0.29) is 17.6 Å². The number of carbonyl (C=O) groups excluding carboxylic acids is 1. The summed E-state index contributed by atoms with van der Waals surface area (Å²) in [5, 5.41) is 5.94. The summed E-state index contributed by atoms with van der Waals surface area (Å²) in [6.07, 6.45) is 6.55. The van der Waals surface area contributed by atoms with Crippen LogP contribution in [0, 0.1) is 5.92 Å². The second-order valence-electron chi connectivity index (χ2n) is 6.32. The zero-order valence-electron chi connectivity index (χ0n) is 14.9. The molecule has 6 N–H and O–H groups in total. The molecule has 3 rings (SSSR count). The SMILES string of the molecule is N/C=C(\C=NC(Cc1ccccc1)C1CNC1)NC(=O)c1nccnc1N. The minimum Gasteiger partial charge on any atom is -0.403 e. The molecule has 140 valence electrons. The maximum Gasteiger partial charge on any atom is 0.278 e. The summed E-state index contributed by atoms with van der Waals surface area (Å²) in [6, 6.07) is 10.3. The first-order valence-corrected chi connectivity index (χ1v) is 8.75. The summed E-state index contributed by atoms with van der Waals surface area (Å²) in [6.45, 7) is 1.86. The Morgan fingerprint density at radius 1 is 1.30 bits per heavy atom. The molecule has 8 heteroatoms. The van der Waals surface area contributed by atoms with Crippen LogP contribution in [0.25, 0.3) is 0 Å². The fourth-order valence-corrected chi connectivity index (χ4v) is 2.79. The van der Waals surface area contributed by atoms with Crippen molar-refractivity contribution in [3.8, 4) is 0 Å². The Labute approximate surface area is 157 Å². The number of aliphatic imine (C=N–C) groups is 1. The number of benzene rings is 1. The second kappa shape index (κ2) is 8.91. The van der Waals surface area contributed by atoms with Gasteiger partial charge >= 0.3 is 0 Å². The van der Waals surface area contributed by atoms with E-state index < -0.39 is 5.91 Å². The summed E-state index contributed by atoms with van der Waals surface area (Å²) in [5.74, 6) is 0.0336. The Kier molecular flexibility index (Phi) is 6.11. The number of nitrogens with one attached hydrogen (secondary N) is 2. The molecule has 1 unspecified atom stereocenters. The fourth-order valence-electron chi connectivity index (χ4n) is 2.79. The van der Waals surface area contributed by atoms with E-state index in [4.69, 9.17) is 11.5 Å². The van der Waals surface area contributed by atoms with E-state index in [1.807, 2.05) is 18.2 Å². The van der Waals surface area contributed by atoms with Crippen molar-refractivity contribution in [2.75, 3.05) is 18.8 Å². The maximum atomic E-state index is 12.3. The van der Waals surface area contributed by atoms with E-state index in [0.717, 1.165) is 19.5 Å². The predicted molar refractivity (Wildman–Crippen MR) is 105 cm³/mol. The van der Waals surface area contributed by atoms with Crippen molar-refractivity contribution >= 4 is 17.9 Å². The van der Waals surface area contributed by atoms with E-state index >= 15 is 0 Å². The molecule has 0 radical (unpaired) electrons. The normalized spacial score (nSPS) is 16.1. The third-order valence-corrected chi connectivity index (χ3v) is 4.43. The van der Waals surface area contributed by atoms with Crippen LogP contribution in [-0.2, 0) is 6.42 Å². The molecule has 2 aromatic rings. The van der Waals surface area contributed by atoms with Gasteiger partial charge in [-0.25, -0.2) is 9.97 Å². The number of hydrogen-bond acceptors (Lipinski definition) is 7. The lowest BCUT2D eigenvalue weighted by molar-refractivity contribution is 0.0963. The average Bonchev–Trinajstić information content (AvgIpc) is 2.64. The van der Waals surface area contributed by atoms with Crippen LogP contribution in [0.5, 0.6) is 0 Å². The van der Waals surface area contributed by atoms with Crippen LogP contribution in [-0.4, -0.2) is 41.2 Å². The van der Waals surface area contributed by atoms with Gasteiger partial charge in [0.15, 0.2) is 11.5 Å². The summed E-state index contributed by atoms with van der Waals surface area (Å²) < 4.78 is 0. The Morgan fingerprint density at radius 3 is 2.67 bits per heavy atom. The monoisotopic (exact) mass is 365 g/mol. The van der Waals surface area contributed by atoms with Crippen molar-refractivity contribution in [1.82, 2.24) is 20.6 Å². The molecule has 1 saturated heterocycles. The van der Waals surface area contributed by atoms with Crippen LogP contribution in [0.4, 0.5) is 5.82 Å². The Balaban J connectivity index is 1.68. The molecular formula is C19H23N7O. The minimum atomic E-state index is -0.478. The van der Waals surface area contributed by atoms with Gasteiger partial charge in [-0.1, -0.05) is 30.3 Å². The third kappa shape index (κ3) is 4.89. The Morgan fingerprint density at radius 2 is 2.04 bits per heavy atom. The van der Waals surface area contributed by atoms with Crippen LogP contribution in [0.2, 0.25) is 0 Å². The van der Waals surface area contributed by atoms with Gasteiger partial charge in [0, 0.05) is 43.8 Å². The van der Waals surface area contributed by atoms with Crippen molar-refractivity contribution < 1.29 is 4.79 Å². The first-order chi connectivity index (χ1) is 13.2. The van der Waals surface area contributed by atoms with Gasteiger partial charge in [0.1, 0.15) is 0 Å². The number of hydrogen-bond donors (Lipinski definition) is 4. The summed E-state index contributed by atoms with van der Waals surface area (Å²) in [4.78, 5) is 24.8. The van der Waals surface area contributed by atoms with Gasteiger partial charge in [-0.05, 0) is 12.0 Å². The van der Waals surface area contributed by atoms with E-state index in [2.05, 4.69) is 37.7 Å². The molecule has 8 nitrogen and oxygen atoms in total. The molecule has 1 atom stereocenters. The number of nitrogens with zero attached hydrogens (tertiary/aromatic N) is 3. The van der Waals surface area contributed by atoms with Crippen LogP contribution < -0.4 is 22.1 Å². The molecule has 0 aliphatic carbocycles. The third-order valence-electron chi connectivity index (χ3n) is 4.43. The number of nitrogen functional groups attached to an aromatic ring is 1. The molecule has 27 heavy (non-hydrogen) atoms. The molecule has 1 aliphatic heterocycles. The van der Waals surface area contributed by atoms with E-state index in [0.29, 0.717) is 11.6 Å². The van der Waals surface area contributed by atoms with Crippen LogP contribution in [0.3, 0.4) is 0 Å². The first-order valence-electron chi connectivity index (χ1n) is 8.75. The predicted octanol–water partition coefficient (Wildman–Crippen LogP) is 0.490. The van der Waals surface area contributed by atoms with Crippen molar-refractivity contribution in [3.05, 3.63) is 65.9 Å². The van der Waals surface area contributed by atoms with Gasteiger partial charge in [0.2, 0.25) is 0 Å². The highest BCUT2D eigenvalue weighted by Gasteiger charge is 2.26. The van der Waals surface area contributed by atoms with Crippen molar-refractivity contribution in [3.63, 3.8) is 0 Å². The Bertz CT molecular complexity index is 831. The Hall–Kier alpha value is -3.26. The standard InChI is InChI=1S/C19H23N7O/c20-9-15(26-19(27)17-18(21)24-7-6-23-17)12-25-16(14-10-22-11-14)8-13-4-2-1-3-5-13/h1-7,9,12,14,16,22H,8,10-11,20H2,(H2,21,24)(H,26,27)/b15-9+,25-12?. The van der Waals surface area contributed by atoms with E-state index in [1.54, 1.807) is 6.21 Å². The van der Waals surface area contributed by atoms with Gasteiger partial charge in [-0.2, -0.15) is 0 Å². The summed E-state index contributed by atoms with van der Waals surface area (Å²) in [7, 11) is 0. The molecule has 2 heterocycles. The van der Waals surface area contributed by atoms with Crippen LogP contribution >= 0.6 is 0 Å². The highest BCUT2D eigenvalue weighted by atomic mass is 16.1. The lowest BCUT2D eigenvalue weighted by Crippen LogP contribution is -2.48. The summed E-state index contributed by atoms with van der Waals surface area (Å²) >= 11 is 0. The van der Waals surface area contributed by atoms with Gasteiger partial charge in [0.05, 0.1) is 11.7 Å². The molecule has 0 bridgehead atoms. The molecule has 1 amide bonds. The van der Waals surface area contributed by atoms with Crippen molar-refractivity contribution in [2.45, 2.75) is 12.5 Å². The molecular weight excluding hydrogens is 342 g/mol. The number of anilines is 1. The van der Waals surface area contributed by atoms with Gasteiger partial charge in [0.25, 0.3) is 5.91 Å². The quantitative estimate of drug-likeness (QED) is 0.528. The zero-order valence-corrected chi connectivity index (χ0v) is 14.9. The smallest absolute Gasteiger partial charge is 0.278 e. The van der Waals surface area contributed by atoms with Crippen LogP contribution in [0.1, 0.15) is 16.1 Å². The van der Waals surface area contributed by atoms with E-state index in [9.17, 15) is 4.79 Å². The topological polar surface area (TPSA) is 131 Å². The number of nitrogens with two attached hydrogens (primary N) is 2. The number of rotatable bonds is 7. The molecule has 1 fully saturated rings. The lowest BCUT2D eigenvalue weighted by atomic mass is 9.89. The maximum absolute atomic E-state index is 12.3. The molecule has 1 aromatic heterocycles. The first kappa shape index (κ1) is 18.5. The number of aromatic nitrogens is 2. The van der Waals surface area contributed by atoms with E-state index in [1.165, 1.54) is 24.2 Å². The summed E-state index contributed by atoms with van der Waals surface area (Å²) in [5.41, 5.74) is 13.0. The fraction of sp³-hybridized carbons (Fsp3) is 0.263. The molecule has 0 spiro atoms. The highest BCUT2D eigenvalue weighted by molar-refractivity contribution is 6.00. The number of carbonyl (C=O) groups is 1. The zero-order chi connectivity index (χ0) is 19.1. The average molecular weight is 365 g/mol. The lowest BCUT2D eigenvalue weighted by Gasteiger charge is -2.32. The molecule has 0 saturated carbocycles. The number of allylic oxidation sites excluding steroid dienone is 1. The molecule has 1 aliphatic rings. The van der Waals surface area contributed by atoms with Crippen molar-refractivity contribution in [1.29, 1.82) is 0 Å². The largest absolute Gasteiger partial charge is 0.403 e.